The van der Waals surface area contributed by atoms with Crippen LogP contribution < -0.4 is 5.32 Å². The van der Waals surface area contributed by atoms with E-state index in [4.69, 9.17) is 0 Å². The van der Waals surface area contributed by atoms with E-state index in [-0.39, 0.29) is 24.1 Å². The smallest absolute Gasteiger partial charge is 0.255 e. The highest BCUT2D eigenvalue weighted by Gasteiger charge is 2.34. The highest BCUT2D eigenvalue weighted by molar-refractivity contribution is 7.13. The first-order valence-corrected chi connectivity index (χ1v) is 9.33. The molecule has 27 heavy (non-hydrogen) atoms. The average Bonchev–Trinajstić information content (AvgIpc) is 3.29. The molecule has 0 unspecified atom stereocenters. The van der Waals surface area contributed by atoms with Crippen molar-refractivity contribution in [1.29, 1.82) is 0 Å². The molecule has 3 aromatic rings. The van der Waals surface area contributed by atoms with Gasteiger partial charge < -0.3 is 10.2 Å². The minimum atomic E-state index is -0.495. The zero-order valence-electron chi connectivity index (χ0n) is 14.3. The number of nitrogens with one attached hydrogen (secondary N) is 1. The second kappa shape index (κ2) is 7.28. The van der Waals surface area contributed by atoms with E-state index >= 15 is 0 Å². The van der Waals surface area contributed by atoms with Gasteiger partial charge >= 0.3 is 0 Å². The summed E-state index contributed by atoms with van der Waals surface area (Å²) in [6, 6.07) is 12.8. The second-order valence-corrected chi connectivity index (χ2v) is 7.14. The van der Waals surface area contributed by atoms with Gasteiger partial charge in [-0.1, -0.05) is 30.3 Å². The third kappa shape index (κ3) is 3.59. The molecule has 4 rings (SSSR count). The Morgan fingerprint density at radius 2 is 2.00 bits per heavy atom. The molecule has 1 aliphatic rings. The highest BCUT2D eigenvalue weighted by Crippen LogP contribution is 2.33. The fourth-order valence-corrected chi connectivity index (χ4v) is 3.80. The van der Waals surface area contributed by atoms with E-state index in [1.165, 1.54) is 23.5 Å². The number of thiazole rings is 1. The lowest BCUT2D eigenvalue weighted by molar-refractivity contribution is -0.117. The summed E-state index contributed by atoms with van der Waals surface area (Å²) < 4.78 is 13.4. The van der Waals surface area contributed by atoms with Gasteiger partial charge in [-0.3, -0.25) is 9.59 Å². The topological polar surface area (TPSA) is 62.3 Å². The van der Waals surface area contributed by atoms with Gasteiger partial charge in [0.2, 0.25) is 5.91 Å². The maximum Gasteiger partial charge on any atom is 0.255 e. The van der Waals surface area contributed by atoms with Gasteiger partial charge in [0, 0.05) is 23.7 Å². The minimum absolute atomic E-state index is 0.0605. The summed E-state index contributed by atoms with van der Waals surface area (Å²) in [6.45, 7) is 0.418. The van der Waals surface area contributed by atoms with Crippen LogP contribution in [-0.4, -0.2) is 21.7 Å². The van der Waals surface area contributed by atoms with Crippen molar-refractivity contribution in [2.75, 3.05) is 5.32 Å². The van der Waals surface area contributed by atoms with E-state index in [1.807, 2.05) is 18.2 Å². The maximum atomic E-state index is 13.4. The number of rotatable bonds is 5. The van der Waals surface area contributed by atoms with Crippen LogP contribution >= 0.6 is 11.3 Å². The van der Waals surface area contributed by atoms with Gasteiger partial charge in [0.25, 0.3) is 5.91 Å². The molecule has 136 valence electrons. The van der Waals surface area contributed by atoms with Gasteiger partial charge in [-0.05, 0) is 29.3 Å². The maximum absolute atomic E-state index is 13.4. The van der Waals surface area contributed by atoms with E-state index in [0.717, 1.165) is 5.56 Å². The van der Waals surface area contributed by atoms with E-state index < -0.39 is 6.04 Å². The molecule has 0 spiro atoms. The highest BCUT2D eigenvalue weighted by atomic mass is 32.1. The minimum Gasteiger partial charge on any atom is -0.327 e. The summed E-state index contributed by atoms with van der Waals surface area (Å²) in [5.74, 6) is -0.731. The van der Waals surface area contributed by atoms with Gasteiger partial charge in [-0.2, -0.15) is 0 Å². The Hall–Kier alpha value is -3.06. The molecule has 0 fully saturated rings. The molecule has 0 bridgehead atoms. The van der Waals surface area contributed by atoms with Crippen molar-refractivity contribution in [2.24, 2.45) is 0 Å². The standard InChI is InChI=1S/C20H16FN3O2S/c21-15-7-5-13(6-8-15)17(11-18(25)23-20-22-9-10-27-20)24-12-14-3-1-2-4-16(14)19(24)26/h1-10,17H,11-12H2,(H,22,23,25)/t17-/m1/s1. The van der Waals surface area contributed by atoms with Crippen molar-refractivity contribution in [3.63, 3.8) is 0 Å². The van der Waals surface area contributed by atoms with Gasteiger partial charge in [0.15, 0.2) is 5.13 Å². The van der Waals surface area contributed by atoms with Crippen LogP contribution in [0, 0.1) is 5.82 Å². The van der Waals surface area contributed by atoms with Crippen LogP contribution in [0.25, 0.3) is 0 Å². The molecular weight excluding hydrogens is 365 g/mol. The number of anilines is 1. The van der Waals surface area contributed by atoms with E-state index in [1.54, 1.807) is 34.7 Å². The van der Waals surface area contributed by atoms with Crippen LogP contribution in [0.2, 0.25) is 0 Å². The molecular formula is C20H16FN3O2S. The molecule has 0 saturated carbocycles. The number of fused-ring (bicyclic) bond motifs is 1. The van der Waals surface area contributed by atoms with Crippen LogP contribution in [0.15, 0.2) is 60.1 Å². The quantitative estimate of drug-likeness (QED) is 0.726. The van der Waals surface area contributed by atoms with Crippen LogP contribution in [0.5, 0.6) is 0 Å². The third-order valence-electron chi connectivity index (χ3n) is 4.54. The Morgan fingerprint density at radius 3 is 2.70 bits per heavy atom. The van der Waals surface area contributed by atoms with Gasteiger partial charge in [0.05, 0.1) is 12.5 Å². The average molecular weight is 381 g/mol. The van der Waals surface area contributed by atoms with Crippen LogP contribution in [0.1, 0.15) is 33.9 Å². The van der Waals surface area contributed by atoms with Crippen molar-refractivity contribution in [3.8, 4) is 0 Å². The van der Waals surface area contributed by atoms with Crippen molar-refractivity contribution < 1.29 is 14.0 Å². The summed E-state index contributed by atoms with van der Waals surface area (Å²) >= 11 is 1.33. The summed E-state index contributed by atoms with van der Waals surface area (Å²) in [6.07, 6.45) is 1.67. The summed E-state index contributed by atoms with van der Waals surface area (Å²) in [7, 11) is 0. The SMILES string of the molecule is O=C(C[C@H](c1ccc(F)cc1)N1Cc2ccccc2C1=O)Nc1nccs1. The molecule has 1 N–H and O–H groups in total. The number of hydrogen-bond acceptors (Lipinski definition) is 4. The monoisotopic (exact) mass is 381 g/mol. The summed E-state index contributed by atoms with van der Waals surface area (Å²) in [5.41, 5.74) is 2.28. The van der Waals surface area contributed by atoms with Crippen molar-refractivity contribution in [2.45, 2.75) is 19.0 Å². The molecule has 1 aliphatic heterocycles. The normalized spacial score (nSPS) is 14.1. The van der Waals surface area contributed by atoms with Gasteiger partial charge in [-0.25, -0.2) is 9.37 Å². The van der Waals surface area contributed by atoms with E-state index in [9.17, 15) is 14.0 Å². The lowest BCUT2D eigenvalue weighted by Crippen LogP contribution is -2.32. The molecule has 5 nitrogen and oxygen atoms in total. The molecule has 2 heterocycles. The Kier molecular flexibility index (Phi) is 4.68. The zero-order valence-corrected chi connectivity index (χ0v) is 15.1. The Bertz CT molecular complexity index is 973. The largest absolute Gasteiger partial charge is 0.327 e. The molecule has 1 atom stereocenters. The lowest BCUT2D eigenvalue weighted by Gasteiger charge is -2.28. The second-order valence-electron chi connectivity index (χ2n) is 6.25. The summed E-state index contributed by atoms with van der Waals surface area (Å²) in [4.78, 5) is 31.1. The number of carbonyl (C=O) groups excluding carboxylic acids is 2. The third-order valence-corrected chi connectivity index (χ3v) is 5.23. The van der Waals surface area contributed by atoms with E-state index in [2.05, 4.69) is 10.3 Å². The number of hydrogen-bond donors (Lipinski definition) is 1. The number of nitrogens with zero attached hydrogens (tertiary/aromatic N) is 2. The summed E-state index contributed by atoms with van der Waals surface area (Å²) in [5, 5.41) is 5.03. The van der Waals surface area contributed by atoms with E-state index in [0.29, 0.717) is 22.8 Å². The first-order valence-electron chi connectivity index (χ1n) is 8.45. The van der Waals surface area contributed by atoms with Crippen LogP contribution in [0.4, 0.5) is 9.52 Å². The number of benzene rings is 2. The van der Waals surface area contributed by atoms with Crippen LogP contribution in [0.3, 0.4) is 0 Å². The van der Waals surface area contributed by atoms with Crippen molar-refractivity contribution in [3.05, 3.63) is 82.6 Å². The molecule has 1 aromatic heterocycles. The van der Waals surface area contributed by atoms with Crippen molar-refractivity contribution >= 4 is 28.3 Å². The van der Waals surface area contributed by atoms with Gasteiger partial charge in [-0.15, -0.1) is 11.3 Å². The molecule has 2 aromatic carbocycles. The molecule has 2 amide bonds. The lowest BCUT2D eigenvalue weighted by atomic mass is 10.0. The number of amides is 2. The number of carbonyl (C=O) groups is 2. The first kappa shape index (κ1) is 17.4. The Balaban J connectivity index is 1.61. The fourth-order valence-electron chi connectivity index (χ4n) is 3.25. The number of aromatic nitrogens is 1. The predicted octanol–water partition coefficient (Wildman–Crippen LogP) is 4.01. The molecule has 0 saturated heterocycles. The molecule has 0 radical (unpaired) electrons. The first-order chi connectivity index (χ1) is 13.1. The number of halogens is 1. The Morgan fingerprint density at radius 1 is 1.22 bits per heavy atom. The zero-order chi connectivity index (χ0) is 18.8. The van der Waals surface area contributed by atoms with Crippen LogP contribution in [-0.2, 0) is 11.3 Å². The van der Waals surface area contributed by atoms with Gasteiger partial charge in [0.1, 0.15) is 5.82 Å². The molecule has 7 heteroatoms. The van der Waals surface area contributed by atoms with Crippen molar-refractivity contribution in [1.82, 2.24) is 9.88 Å². The Labute approximate surface area is 159 Å². The fraction of sp³-hybridized carbons (Fsp3) is 0.150. The predicted molar refractivity (Wildman–Crippen MR) is 101 cm³/mol. The molecule has 0 aliphatic carbocycles.